The molecule has 0 aromatic carbocycles. The van der Waals surface area contributed by atoms with Crippen molar-refractivity contribution in [3.05, 3.63) is 0 Å². The summed E-state index contributed by atoms with van der Waals surface area (Å²) < 4.78 is 4.99. The Hall–Kier alpha value is -0.810. The van der Waals surface area contributed by atoms with Crippen LogP contribution in [-0.4, -0.2) is 68.8 Å². The second-order valence-electron chi connectivity index (χ2n) is 3.84. The van der Waals surface area contributed by atoms with E-state index in [0.29, 0.717) is 12.6 Å². The van der Waals surface area contributed by atoms with Crippen LogP contribution in [0.1, 0.15) is 6.92 Å². The minimum atomic E-state index is -0.188. The molecule has 1 aliphatic rings. The van der Waals surface area contributed by atoms with Crippen LogP contribution in [-0.2, 0) is 4.74 Å². The van der Waals surface area contributed by atoms with E-state index in [1.807, 2.05) is 14.0 Å². The van der Waals surface area contributed by atoms with E-state index in [2.05, 4.69) is 17.3 Å². The molecule has 0 aliphatic carbocycles. The maximum atomic E-state index is 11.5. The fraction of sp³-hybridized carbons (Fsp3) is 0.900. The van der Waals surface area contributed by atoms with Gasteiger partial charge in [0.2, 0.25) is 0 Å². The number of carbonyl (C=O) groups is 1. The Morgan fingerprint density at radius 2 is 2.27 bits per heavy atom. The van der Waals surface area contributed by atoms with Crippen LogP contribution < -0.4 is 5.32 Å². The molecular weight excluding hydrogens is 194 g/mol. The maximum Gasteiger partial charge on any atom is 0.409 e. The van der Waals surface area contributed by atoms with Crippen molar-refractivity contribution in [1.82, 2.24) is 15.1 Å². The molecule has 1 amide bonds. The van der Waals surface area contributed by atoms with Crippen molar-refractivity contribution in [1.29, 1.82) is 0 Å². The van der Waals surface area contributed by atoms with Crippen molar-refractivity contribution < 1.29 is 9.53 Å². The van der Waals surface area contributed by atoms with E-state index < -0.39 is 0 Å². The molecule has 1 saturated heterocycles. The van der Waals surface area contributed by atoms with Crippen LogP contribution in [0.3, 0.4) is 0 Å². The first-order chi connectivity index (χ1) is 7.19. The average molecular weight is 215 g/mol. The van der Waals surface area contributed by atoms with Crippen LogP contribution >= 0.6 is 0 Å². The highest BCUT2D eigenvalue weighted by molar-refractivity contribution is 5.67. The molecule has 15 heavy (non-hydrogen) atoms. The fourth-order valence-corrected chi connectivity index (χ4v) is 1.78. The zero-order valence-corrected chi connectivity index (χ0v) is 9.82. The summed E-state index contributed by atoms with van der Waals surface area (Å²) >= 11 is 0. The molecule has 1 heterocycles. The van der Waals surface area contributed by atoms with Gasteiger partial charge in [0.15, 0.2) is 0 Å². The molecule has 88 valence electrons. The molecule has 1 fully saturated rings. The first-order valence-corrected chi connectivity index (χ1v) is 5.45. The molecular formula is C10H21N3O2. The minimum absolute atomic E-state index is 0.188. The van der Waals surface area contributed by atoms with E-state index >= 15 is 0 Å². The minimum Gasteiger partial charge on any atom is -0.450 e. The van der Waals surface area contributed by atoms with E-state index in [-0.39, 0.29) is 6.09 Å². The Balaban J connectivity index is 2.45. The molecule has 5 heteroatoms. The Bertz CT molecular complexity index is 211. The van der Waals surface area contributed by atoms with Gasteiger partial charge in [-0.15, -0.1) is 0 Å². The van der Waals surface area contributed by atoms with Crippen molar-refractivity contribution in [2.75, 3.05) is 46.9 Å². The highest BCUT2D eigenvalue weighted by Crippen LogP contribution is 2.08. The van der Waals surface area contributed by atoms with Crippen molar-refractivity contribution >= 4 is 6.09 Å². The van der Waals surface area contributed by atoms with Gasteiger partial charge < -0.3 is 15.0 Å². The molecule has 0 aromatic heterocycles. The van der Waals surface area contributed by atoms with Gasteiger partial charge in [-0.25, -0.2) is 4.79 Å². The number of likely N-dealkylation sites (N-methyl/N-ethyl adjacent to an activating group) is 2. The molecule has 1 aliphatic heterocycles. The third kappa shape index (κ3) is 3.35. The number of piperazine rings is 1. The van der Waals surface area contributed by atoms with Crippen LogP contribution in [0.4, 0.5) is 4.79 Å². The number of amides is 1. The summed E-state index contributed by atoms with van der Waals surface area (Å²) in [4.78, 5) is 15.6. The highest BCUT2D eigenvalue weighted by atomic mass is 16.6. The van der Waals surface area contributed by atoms with Gasteiger partial charge in [-0.3, -0.25) is 4.90 Å². The molecule has 5 nitrogen and oxygen atoms in total. The second kappa shape index (κ2) is 5.92. The number of nitrogens with zero attached hydrogens (tertiary/aromatic N) is 2. The smallest absolute Gasteiger partial charge is 0.409 e. The lowest BCUT2D eigenvalue weighted by Crippen LogP contribution is -2.56. The molecule has 0 saturated carbocycles. The van der Waals surface area contributed by atoms with Crippen LogP contribution in [0.5, 0.6) is 0 Å². The van der Waals surface area contributed by atoms with Crippen molar-refractivity contribution in [2.24, 2.45) is 0 Å². The van der Waals surface area contributed by atoms with E-state index in [4.69, 9.17) is 4.74 Å². The Labute approximate surface area is 91.4 Å². The van der Waals surface area contributed by atoms with Crippen molar-refractivity contribution in [3.8, 4) is 0 Å². The average Bonchev–Trinajstić information content (AvgIpc) is 2.22. The standard InChI is InChI=1S/C10H21N3O2/c1-4-15-10(14)13-6-5-12(3)9(8-13)7-11-2/h9,11H,4-8H2,1-3H3. The Morgan fingerprint density at radius 1 is 1.53 bits per heavy atom. The van der Waals surface area contributed by atoms with Crippen LogP contribution in [0.15, 0.2) is 0 Å². The van der Waals surface area contributed by atoms with Gasteiger partial charge in [0.05, 0.1) is 6.61 Å². The number of carbonyl (C=O) groups excluding carboxylic acids is 1. The summed E-state index contributed by atoms with van der Waals surface area (Å²) in [6, 6.07) is 0.383. The summed E-state index contributed by atoms with van der Waals surface area (Å²) in [6.07, 6.45) is -0.188. The highest BCUT2D eigenvalue weighted by Gasteiger charge is 2.27. The van der Waals surface area contributed by atoms with Crippen LogP contribution in [0.2, 0.25) is 0 Å². The van der Waals surface area contributed by atoms with Gasteiger partial charge in [0.1, 0.15) is 0 Å². The summed E-state index contributed by atoms with van der Waals surface area (Å²) in [5, 5.41) is 3.14. The number of rotatable bonds is 3. The third-order valence-corrected chi connectivity index (χ3v) is 2.74. The zero-order valence-electron chi connectivity index (χ0n) is 9.82. The van der Waals surface area contributed by atoms with E-state index in [9.17, 15) is 4.79 Å². The predicted molar refractivity (Wildman–Crippen MR) is 58.9 cm³/mol. The first-order valence-electron chi connectivity index (χ1n) is 5.45. The maximum absolute atomic E-state index is 11.5. The van der Waals surface area contributed by atoms with Gasteiger partial charge in [0, 0.05) is 32.2 Å². The molecule has 1 N–H and O–H groups in total. The molecule has 0 aromatic rings. The lowest BCUT2D eigenvalue weighted by molar-refractivity contribution is 0.0635. The SMILES string of the molecule is CCOC(=O)N1CCN(C)C(CNC)C1. The molecule has 1 atom stereocenters. The van der Waals surface area contributed by atoms with Crippen LogP contribution in [0, 0.1) is 0 Å². The third-order valence-electron chi connectivity index (χ3n) is 2.74. The largest absolute Gasteiger partial charge is 0.450 e. The van der Waals surface area contributed by atoms with Crippen molar-refractivity contribution in [3.63, 3.8) is 0 Å². The number of hydrogen-bond acceptors (Lipinski definition) is 4. The number of nitrogens with one attached hydrogen (secondary N) is 1. The molecule has 0 bridgehead atoms. The summed E-state index contributed by atoms with van der Waals surface area (Å²) in [5.41, 5.74) is 0. The van der Waals surface area contributed by atoms with Gasteiger partial charge >= 0.3 is 6.09 Å². The number of ether oxygens (including phenoxy) is 1. The summed E-state index contributed by atoms with van der Waals surface area (Å²) in [7, 11) is 4.02. The van der Waals surface area contributed by atoms with E-state index in [0.717, 1.165) is 26.2 Å². The molecule has 0 radical (unpaired) electrons. The molecule has 0 spiro atoms. The molecule has 1 unspecified atom stereocenters. The van der Waals surface area contributed by atoms with Gasteiger partial charge in [-0.05, 0) is 21.0 Å². The van der Waals surface area contributed by atoms with Crippen LogP contribution in [0.25, 0.3) is 0 Å². The lowest BCUT2D eigenvalue weighted by Gasteiger charge is -2.38. The van der Waals surface area contributed by atoms with Gasteiger partial charge in [-0.2, -0.15) is 0 Å². The topological polar surface area (TPSA) is 44.8 Å². The van der Waals surface area contributed by atoms with Gasteiger partial charge in [0.25, 0.3) is 0 Å². The Morgan fingerprint density at radius 3 is 2.87 bits per heavy atom. The fourth-order valence-electron chi connectivity index (χ4n) is 1.78. The van der Waals surface area contributed by atoms with E-state index in [1.54, 1.807) is 4.90 Å². The first kappa shape index (κ1) is 12.3. The predicted octanol–water partition coefficient (Wildman–Crippen LogP) is -0.0217. The summed E-state index contributed by atoms with van der Waals surface area (Å²) in [6.45, 7) is 5.59. The monoisotopic (exact) mass is 215 g/mol. The quantitative estimate of drug-likeness (QED) is 0.718. The van der Waals surface area contributed by atoms with Gasteiger partial charge in [-0.1, -0.05) is 0 Å². The van der Waals surface area contributed by atoms with Crippen molar-refractivity contribution in [2.45, 2.75) is 13.0 Å². The normalized spacial score (nSPS) is 22.9. The molecule has 1 rings (SSSR count). The Kier molecular flexibility index (Phi) is 4.84. The lowest BCUT2D eigenvalue weighted by atomic mass is 10.2. The zero-order chi connectivity index (χ0) is 11.3. The summed E-state index contributed by atoms with van der Waals surface area (Å²) in [5.74, 6) is 0. The number of hydrogen-bond donors (Lipinski definition) is 1. The van der Waals surface area contributed by atoms with E-state index in [1.165, 1.54) is 0 Å². The second-order valence-corrected chi connectivity index (χ2v) is 3.84.